The summed E-state index contributed by atoms with van der Waals surface area (Å²) in [5.74, 6) is -0.452. The van der Waals surface area contributed by atoms with Crippen molar-refractivity contribution in [1.29, 1.82) is 0 Å². The fourth-order valence-corrected chi connectivity index (χ4v) is 2.76. The largest absolute Gasteiger partial charge is 0.490 e. The molecule has 3 aromatic carbocycles. The van der Waals surface area contributed by atoms with Gasteiger partial charge in [-0.1, -0.05) is 54.1 Å². The second-order valence-corrected chi connectivity index (χ2v) is 6.35. The number of aromatic carboxylic acids is 1. The van der Waals surface area contributed by atoms with Crippen LogP contribution in [0.15, 0.2) is 72.8 Å². The van der Waals surface area contributed by atoms with Crippen LogP contribution in [0.1, 0.15) is 15.9 Å². The minimum absolute atomic E-state index is 0.0108. The molecule has 3 aromatic rings. The van der Waals surface area contributed by atoms with Gasteiger partial charge in [0.2, 0.25) is 0 Å². The van der Waals surface area contributed by atoms with Crippen LogP contribution in [0.2, 0.25) is 0 Å². The lowest BCUT2D eigenvalue weighted by atomic mass is 10.1. The highest BCUT2D eigenvalue weighted by molar-refractivity contribution is 5.98. The number of hydrogen-bond acceptors (Lipinski definition) is 4. The summed E-state index contributed by atoms with van der Waals surface area (Å²) >= 11 is 0. The van der Waals surface area contributed by atoms with Crippen LogP contribution in [0.4, 0.5) is 10.5 Å². The number of carboxylic acid groups (broad SMARTS) is 1. The fraction of sp³-hybridized carbons (Fsp3) is 0.130. The fourth-order valence-electron chi connectivity index (χ4n) is 2.76. The highest BCUT2D eigenvalue weighted by Gasteiger charge is 2.13. The third-order valence-electron chi connectivity index (χ3n) is 4.19. The molecule has 0 spiro atoms. The van der Waals surface area contributed by atoms with E-state index in [1.165, 1.54) is 12.1 Å². The molecule has 0 aliphatic carbocycles. The third kappa shape index (κ3) is 5.59. The van der Waals surface area contributed by atoms with Crippen LogP contribution in [0.5, 0.6) is 5.75 Å². The molecule has 0 radical (unpaired) electrons. The van der Waals surface area contributed by atoms with Gasteiger partial charge in [-0.25, -0.2) is 9.59 Å². The predicted octanol–water partition coefficient (Wildman–Crippen LogP) is 4.99. The standard InChI is InChI=1S/C23H21NO5/c1-16-7-12-21(20(15-16)22(25)26)24-23(27)29-14-13-28-19-10-8-18(9-11-19)17-5-3-2-4-6-17/h2-12,15H,13-14H2,1H3,(H,24,27)(H,25,26). The summed E-state index contributed by atoms with van der Waals surface area (Å²) in [6, 6.07) is 22.4. The van der Waals surface area contributed by atoms with Gasteiger partial charge in [0.1, 0.15) is 19.0 Å². The number of aryl methyl sites for hydroxylation is 1. The van der Waals surface area contributed by atoms with Gasteiger partial charge in [0, 0.05) is 0 Å². The Kier molecular flexibility index (Phi) is 6.47. The summed E-state index contributed by atoms with van der Waals surface area (Å²) in [6.45, 7) is 1.98. The first kappa shape index (κ1) is 19.9. The molecular weight excluding hydrogens is 370 g/mol. The highest BCUT2D eigenvalue weighted by Crippen LogP contribution is 2.22. The molecule has 148 valence electrons. The van der Waals surface area contributed by atoms with Gasteiger partial charge in [-0.15, -0.1) is 0 Å². The van der Waals surface area contributed by atoms with E-state index in [4.69, 9.17) is 9.47 Å². The Bertz CT molecular complexity index is 984. The molecule has 0 aromatic heterocycles. The normalized spacial score (nSPS) is 10.2. The van der Waals surface area contributed by atoms with Crippen molar-refractivity contribution >= 4 is 17.7 Å². The van der Waals surface area contributed by atoms with E-state index in [1.807, 2.05) is 54.6 Å². The van der Waals surface area contributed by atoms with E-state index < -0.39 is 12.1 Å². The van der Waals surface area contributed by atoms with Gasteiger partial charge in [-0.2, -0.15) is 0 Å². The second-order valence-electron chi connectivity index (χ2n) is 6.35. The van der Waals surface area contributed by atoms with E-state index in [0.717, 1.165) is 16.7 Å². The number of anilines is 1. The first-order valence-corrected chi connectivity index (χ1v) is 9.09. The summed E-state index contributed by atoms with van der Waals surface area (Å²) in [5, 5.41) is 11.7. The molecule has 3 rings (SSSR count). The van der Waals surface area contributed by atoms with E-state index in [2.05, 4.69) is 5.32 Å². The van der Waals surface area contributed by atoms with Crippen molar-refractivity contribution in [3.63, 3.8) is 0 Å². The summed E-state index contributed by atoms with van der Waals surface area (Å²) in [5.41, 5.74) is 3.19. The van der Waals surface area contributed by atoms with E-state index in [1.54, 1.807) is 13.0 Å². The molecule has 0 bridgehead atoms. The lowest BCUT2D eigenvalue weighted by Gasteiger charge is -2.11. The van der Waals surface area contributed by atoms with Gasteiger partial charge < -0.3 is 14.6 Å². The Morgan fingerprint density at radius 1 is 0.897 bits per heavy atom. The number of carbonyl (C=O) groups excluding carboxylic acids is 1. The van der Waals surface area contributed by atoms with E-state index in [-0.39, 0.29) is 24.5 Å². The van der Waals surface area contributed by atoms with Crippen LogP contribution in [-0.2, 0) is 4.74 Å². The molecule has 29 heavy (non-hydrogen) atoms. The topological polar surface area (TPSA) is 84.9 Å². The number of amides is 1. The Morgan fingerprint density at radius 3 is 2.28 bits per heavy atom. The molecule has 1 amide bonds. The quantitative estimate of drug-likeness (QED) is 0.555. The second kappa shape index (κ2) is 9.41. The molecular formula is C23H21NO5. The number of hydrogen-bond donors (Lipinski definition) is 2. The molecule has 6 nitrogen and oxygen atoms in total. The van der Waals surface area contributed by atoms with Gasteiger partial charge in [0.05, 0.1) is 11.3 Å². The molecule has 0 aliphatic heterocycles. The van der Waals surface area contributed by atoms with Gasteiger partial charge in [-0.05, 0) is 42.3 Å². The van der Waals surface area contributed by atoms with Crippen molar-refractivity contribution in [1.82, 2.24) is 0 Å². The van der Waals surface area contributed by atoms with Gasteiger partial charge in [-0.3, -0.25) is 5.32 Å². The van der Waals surface area contributed by atoms with Crippen molar-refractivity contribution in [2.75, 3.05) is 18.5 Å². The number of carbonyl (C=O) groups is 2. The monoisotopic (exact) mass is 391 g/mol. The zero-order chi connectivity index (χ0) is 20.6. The Labute approximate surface area is 168 Å². The number of carboxylic acids is 1. The lowest BCUT2D eigenvalue weighted by molar-refractivity contribution is 0.0698. The average Bonchev–Trinajstić information content (AvgIpc) is 2.73. The highest BCUT2D eigenvalue weighted by atomic mass is 16.6. The number of benzene rings is 3. The zero-order valence-electron chi connectivity index (χ0n) is 15.9. The van der Waals surface area contributed by atoms with Crippen molar-refractivity contribution in [2.45, 2.75) is 6.92 Å². The van der Waals surface area contributed by atoms with E-state index in [9.17, 15) is 14.7 Å². The Morgan fingerprint density at radius 2 is 1.59 bits per heavy atom. The first-order chi connectivity index (χ1) is 14.0. The van der Waals surface area contributed by atoms with Crippen LogP contribution in [0.3, 0.4) is 0 Å². The first-order valence-electron chi connectivity index (χ1n) is 9.09. The molecule has 0 saturated heterocycles. The third-order valence-corrected chi connectivity index (χ3v) is 4.19. The molecule has 0 aliphatic rings. The van der Waals surface area contributed by atoms with Crippen LogP contribution >= 0.6 is 0 Å². The van der Waals surface area contributed by atoms with Crippen LogP contribution in [0.25, 0.3) is 11.1 Å². The van der Waals surface area contributed by atoms with Crippen molar-refractivity contribution in [3.05, 3.63) is 83.9 Å². The van der Waals surface area contributed by atoms with Gasteiger partial charge in [0.15, 0.2) is 0 Å². The molecule has 0 atom stereocenters. The van der Waals surface area contributed by atoms with E-state index >= 15 is 0 Å². The zero-order valence-corrected chi connectivity index (χ0v) is 15.9. The Balaban J connectivity index is 1.46. The van der Waals surface area contributed by atoms with E-state index in [0.29, 0.717) is 5.75 Å². The van der Waals surface area contributed by atoms with Crippen molar-refractivity contribution in [3.8, 4) is 16.9 Å². The lowest BCUT2D eigenvalue weighted by Crippen LogP contribution is -2.19. The minimum Gasteiger partial charge on any atom is -0.490 e. The summed E-state index contributed by atoms with van der Waals surface area (Å²) < 4.78 is 10.6. The SMILES string of the molecule is Cc1ccc(NC(=O)OCCOc2ccc(-c3ccccc3)cc2)c(C(=O)O)c1. The summed E-state index contributed by atoms with van der Waals surface area (Å²) in [7, 11) is 0. The minimum atomic E-state index is -1.12. The maximum Gasteiger partial charge on any atom is 0.411 e. The smallest absolute Gasteiger partial charge is 0.411 e. The van der Waals surface area contributed by atoms with Crippen LogP contribution in [0, 0.1) is 6.92 Å². The molecule has 0 heterocycles. The molecule has 0 fully saturated rings. The maximum atomic E-state index is 11.9. The van der Waals surface area contributed by atoms with Gasteiger partial charge in [0.25, 0.3) is 0 Å². The maximum absolute atomic E-state index is 11.9. The van der Waals surface area contributed by atoms with Crippen LogP contribution < -0.4 is 10.1 Å². The van der Waals surface area contributed by atoms with Crippen molar-refractivity contribution < 1.29 is 24.2 Å². The Hall–Kier alpha value is -3.80. The molecule has 6 heteroatoms. The van der Waals surface area contributed by atoms with Crippen LogP contribution in [-0.4, -0.2) is 30.4 Å². The molecule has 0 saturated carbocycles. The van der Waals surface area contributed by atoms with Crippen molar-refractivity contribution in [2.24, 2.45) is 0 Å². The predicted molar refractivity (Wildman–Crippen MR) is 110 cm³/mol. The average molecular weight is 391 g/mol. The summed E-state index contributed by atoms with van der Waals surface area (Å²) in [4.78, 5) is 23.2. The van der Waals surface area contributed by atoms with Gasteiger partial charge >= 0.3 is 12.1 Å². The number of rotatable bonds is 7. The molecule has 0 unspecified atom stereocenters. The number of nitrogens with one attached hydrogen (secondary N) is 1. The molecule has 2 N–H and O–H groups in total. The number of ether oxygens (including phenoxy) is 2. The summed E-state index contributed by atoms with van der Waals surface area (Å²) in [6.07, 6.45) is -0.737.